The van der Waals surface area contributed by atoms with Crippen molar-refractivity contribution in [1.82, 2.24) is 0 Å². The first-order valence-corrected chi connectivity index (χ1v) is 5.36. The molecule has 1 aromatic rings. The summed E-state index contributed by atoms with van der Waals surface area (Å²) in [5.41, 5.74) is 7.19. The molecule has 14 heavy (non-hydrogen) atoms. The van der Waals surface area contributed by atoms with E-state index in [4.69, 9.17) is 17.3 Å². The predicted octanol–water partition coefficient (Wildman–Crippen LogP) is 3.26. The van der Waals surface area contributed by atoms with Crippen LogP contribution in [0, 0.1) is 5.41 Å². The standard InChI is InChI=1S/C12H18ClN/c1-12(2,9-14)7-6-10-4-3-5-11(13)8-10/h3-5,8H,6-7,9,14H2,1-2H3. The Morgan fingerprint density at radius 3 is 2.64 bits per heavy atom. The predicted molar refractivity (Wildman–Crippen MR) is 62.6 cm³/mol. The van der Waals surface area contributed by atoms with Crippen LogP contribution in [0.3, 0.4) is 0 Å². The van der Waals surface area contributed by atoms with Crippen LogP contribution in [-0.2, 0) is 6.42 Å². The summed E-state index contributed by atoms with van der Waals surface area (Å²) in [7, 11) is 0. The van der Waals surface area contributed by atoms with Gasteiger partial charge in [-0.05, 0) is 42.5 Å². The van der Waals surface area contributed by atoms with Gasteiger partial charge in [0.05, 0.1) is 0 Å². The van der Waals surface area contributed by atoms with Crippen LogP contribution >= 0.6 is 11.6 Å². The summed E-state index contributed by atoms with van der Waals surface area (Å²) in [6.45, 7) is 5.11. The van der Waals surface area contributed by atoms with E-state index < -0.39 is 0 Å². The lowest BCUT2D eigenvalue weighted by Crippen LogP contribution is -2.23. The van der Waals surface area contributed by atoms with Crippen molar-refractivity contribution in [2.45, 2.75) is 26.7 Å². The largest absolute Gasteiger partial charge is 0.330 e. The van der Waals surface area contributed by atoms with E-state index in [1.165, 1.54) is 5.56 Å². The molecule has 0 aliphatic heterocycles. The van der Waals surface area contributed by atoms with Crippen molar-refractivity contribution in [3.05, 3.63) is 34.9 Å². The van der Waals surface area contributed by atoms with Gasteiger partial charge < -0.3 is 5.73 Å². The Hall–Kier alpha value is -0.530. The van der Waals surface area contributed by atoms with Crippen molar-refractivity contribution >= 4 is 11.6 Å². The summed E-state index contributed by atoms with van der Waals surface area (Å²) in [5, 5.41) is 0.813. The average Bonchev–Trinajstić information content (AvgIpc) is 2.15. The van der Waals surface area contributed by atoms with Crippen LogP contribution in [0.25, 0.3) is 0 Å². The summed E-state index contributed by atoms with van der Waals surface area (Å²) < 4.78 is 0. The summed E-state index contributed by atoms with van der Waals surface area (Å²) in [4.78, 5) is 0. The van der Waals surface area contributed by atoms with Crippen LogP contribution in [0.2, 0.25) is 5.02 Å². The molecule has 0 spiro atoms. The van der Waals surface area contributed by atoms with Crippen LogP contribution in [0.1, 0.15) is 25.8 Å². The van der Waals surface area contributed by atoms with Crippen molar-refractivity contribution < 1.29 is 0 Å². The third-order valence-corrected chi connectivity index (χ3v) is 2.77. The number of hydrogen-bond donors (Lipinski definition) is 1. The summed E-state index contributed by atoms with van der Waals surface area (Å²) in [5.74, 6) is 0. The van der Waals surface area contributed by atoms with Crippen molar-refractivity contribution in [3.8, 4) is 0 Å². The maximum absolute atomic E-state index is 5.90. The number of rotatable bonds is 4. The third kappa shape index (κ3) is 3.69. The average molecular weight is 212 g/mol. The molecule has 0 radical (unpaired) electrons. The topological polar surface area (TPSA) is 26.0 Å². The molecule has 0 amide bonds. The van der Waals surface area contributed by atoms with Gasteiger partial charge in [0.1, 0.15) is 0 Å². The molecular weight excluding hydrogens is 194 g/mol. The highest BCUT2D eigenvalue weighted by Gasteiger charge is 2.14. The van der Waals surface area contributed by atoms with Gasteiger partial charge in [-0.2, -0.15) is 0 Å². The molecular formula is C12H18ClN. The third-order valence-electron chi connectivity index (χ3n) is 2.53. The highest BCUT2D eigenvalue weighted by molar-refractivity contribution is 6.30. The number of nitrogens with two attached hydrogens (primary N) is 1. The number of aryl methyl sites for hydroxylation is 1. The van der Waals surface area contributed by atoms with Crippen molar-refractivity contribution in [1.29, 1.82) is 0 Å². The first-order chi connectivity index (χ1) is 6.53. The zero-order valence-electron chi connectivity index (χ0n) is 8.89. The molecule has 0 heterocycles. The Labute approximate surface area is 91.3 Å². The minimum absolute atomic E-state index is 0.225. The maximum Gasteiger partial charge on any atom is 0.0408 e. The molecule has 1 aromatic carbocycles. The van der Waals surface area contributed by atoms with E-state index in [-0.39, 0.29) is 5.41 Å². The van der Waals surface area contributed by atoms with Gasteiger partial charge in [-0.15, -0.1) is 0 Å². The molecule has 2 heteroatoms. The minimum atomic E-state index is 0.225. The molecule has 0 bridgehead atoms. The quantitative estimate of drug-likeness (QED) is 0.813. The highest BCUT2D eigenvalue weighted by Crippen LogP contribution is 2.22. The normalized spacial score (nSPS) is 11.7. The van der Waals surface area contributed by atoms with Crippen molar-refractivity contribution in [2.75, 3.05) is 6.54 Å². The van der Waals surface area contributed by atoms with Gasteiger partial charge in [-0.1, -0.05) is 37.6 Å². The van der Waals surface area contributed by atoms with Gasteiger partial charge in [0.2, 0.25) is 0 Å². The van der Waals surface area contributed by atoms with E-state index in [9.17, 15) is 0 Å². The Morgan fingerprint density at radius 1 is 1.36 bits per heavy atom. The Kier molecular flexibility index (Phi) is 3.97. The van der Waals surface area contributed by atoms with E-state index in [0.29, 0.717) is 0 Å². The highest BCUT2D eigenvalue weighted by atomic mass is 35.5. The smallest absolute Gasteiger partial charge is 0.0408 e. The molecule has 0 aliphatic carbocycles. The Morgan fingerprint density at radius 2 is 2.07 bits per heavy atom. The van der Waals surface area contributed by atoms with Gasteiger partial charge >= 0.3 is 0 Å². The fourth-order valence-corrected chi connectivity index (χ4v) is 1.49. The van der Waals surface area contributed by atoms with Crippen LogP contribution in [0.5, 0.6) is 0 Å². The van der Waals surface area contributed by atoms with Gasteiger partial charge in [0.15, 0.2) is 0 Å². The molecule has 2 N–H and O–H groups in total. The van der Waals surface area contributed by atoms with Crippen molar-refractivity contribution in [2.24, 2.45) is 11.1 Å². The van der Waals surface area contributed by atoms with Crippen molar-refractivity contribution in [3.63, 3.8) is 0 Å². The van der Waals surface area contributed by atoms with E-state index in [0.717, 1.165) is 24.4 Å². The van der Waals surface area contributed by atoms with E-state index in [2.05, 4.69) is 19.9 Å². The van der Waals surface area contributed by atoms with Gasteiger partial charge in [-0.3, -0.25) is 0 Å². The number of hydrogen-bond acceptors (Lipinski definition) is 1. The summed E-state index contributed by atoms with van der Waals surface area (Å²) in [6, 6.07) is 8.03. The fourth-order valence-electron chi connectivity index (χ4n) is 1.28. The minimum Gasteiger partial charge on any atom is -0.330 e. The lowest BCUT2D eigenvalue weighted by molar-refractivity contribution is 0.348. The second kappa shape index (κ2) is 4.81. The SMILES string of the molecule is CC(C)(CN)CCc1cccc(Cl)c1. The monoisotopic (exact) mass is 211 g/mol. The summed E-state index contributed by atoms with van der Waals surface area (Å²) in [6.07, 6.45) is 2.15. The second-order valence-electron chi connectivity index (χ2n) is 4.50. The molecule has 0 aromatic heterocycles. The fraction of sp³-hybridized carbons (Fsp3) is 0.500. The Bertz CT molecular complexity index is 294. The zero-order chi connectivity index (χ0) is 10.6. The molecule has 0 fully saturated rings. The molecule has 0 saturated carbocycles. The molecule has 0 saturated heterocycles. The van der Waals surface area contributed by atoms with Gasteiger partial charge in [-0.25, -0.2) is 0 Å². The van der Waals surface area contributed by atoms with Gasteiger partial charge in [0, 0.05) is 5.02 Å². The number of halogens is 1. The molecule has 1 rings (SSSR count). The first-order valence-electron chi connectivity index (χ1n) is 4.98. The lowest BCUT2D eigenvalue weighted by Gasteiger charge is -2.21. The molecule has 78 valence electrons. The number of benzene rings is 1. The van der Waals surface area contributed by atoms with E-state index in [1.807, 2.05) is 18.2 Å². The van der Waals surface area contributed by atoms with Gasteiger partial charge in [0.25, 0.3) is 0 Å². The molecule has 0 atom stereocenters. The van der Waals surface area contributed by atoms with E-state index >= 15 is 0 Å². The maximum atomic E-state index is 5.90. The van der Waals surface area contributed by atoms with Crippen LogP contribution in [-0.4, -0.2) is 6.54 Å². The summed E-state index contributed by atoms with van der Waals surface area (Å²) >= 11 is 5.90. The van der Waals surface area contributed by atoms with Crippen LogP contribution in [0.15, 0.2) is 24.3 Å². The van der Waals surface area contributed by atoms with Crippen LogP contribution < -0.4 is 5.73 Å². The lowest BCUT2D eigenvalue weighted by atomic mass is 9.86. The second-order valence-corrected chi connectivity index (χ2v) is 4.93. The van der Waals surface area contributed by atoms with E-state index in [1.54, 1.807) is 0 Å². The van der Waals surface area contributed by atoms with Crippen LogP contribution in [0.4, 0.5) is 0 Å². The molecule has 0 unspecified atom stereocenters. The molecule has 1 nitrogen and oxygen atoms in total. The zero-order valence-corrected chi connectivity index (χ0v) is 9.64. The first kappa shape index (κ1) is 11.5. The molecule has 0 aliphatic rings. The Balaban J connectivity index is 2.54.